The second-order valence-electron chi connectivity index (χ2n) is 6.53. The number of benzene rings is 1. The van der Waals surface area contributed by atoms with E-state index in [0.29, 0.717) is 30.0 Å². The van der Waals surface area contributed by atoms with Crippen LogP contribution < -0.4 is 15.8 Å². The quantitative estimate of drug-likeness (QED) is 0.668. The van der Waals surface area contributed by atoms with Gasteiger partial charge in [-0.25, -0.2) is 13.9 Å². The van der Waals surface area contributed by atoms with Crippen molar-refractivity contribution >= 4 is 17.5 Å². The molecule has 2 aromatic heterocycles. The number of amides is 2. The normalized spacial score (nSPS) is 15.6. The Morgan fingerprint density at radius 1 is 1.41 bits per heavy atom. The molecule has 0 aliphatic carbocycles. The van der Waals surface area contributed by atoms with E-state index in [0.717, 1.165) is 0 Å². The summed E-state index contributed by atoms with van der Waals surface area (Å²) < 4.78 is 25.3. The number of carbonyl (C=O) groups is 2. The molecule has 3 heterocycles. The number of ether oxygens (including phenoxy) is 2. The fraction of sp³-hybridized carbons (Fsp3) is 0.263. The minimum Gasteiger partial charge on any atom is -0.493 e. The average molecular weight is 399 g/mol. The van der Waals surface area contributed by atoms with Crippen LogP contribution in [0.1, 0.15) is 44.6 Å². The highest BCUT2D eigenvalue weighted by atomic mass is 19.1. The maximum Gasteiger partial charge on any atom is 0.270 e. The molecule has 9 nitrogen and oxygen atoms in total. The van der Waals surface area contributed by atoms with Gasteiger partial charge in [0.05, 0.1) is 19.3 Å². The van der Waals surface area contributed by atoms with Crippen molar-refractivity contribution in [3.8, 4) is 5.75 Å². The van der Waals surface area contributed by atoms with Gasteiger partial charge in [0.25, 0.3) is 11.8 Å². The van der Waals surface area contributed by atoms with Gasteiger partial charge in [-0.15, -0.1) is 0 Å². The van der Waals surface area contributed by atoms with Crippen molar-refractivity contribution < 1.29 is 23.5 Å². The first-order chi connectivity index (χ1) is 14.0. The summed E-state index contributed by atoms with van der Waals surface area (Å²) in [5, 5.41) is 7.20. The van der Waals surface area contributed by atoms with Gasteiger partial charge in [-0.3, -0.25) is 9.59 Å². The molecule has 150 valence electrons. The van der Waals surface area contributed by atoms with E-state index < -0.39 is 17.6 Å². The molecule has 4 rings (SSSR count). The maximum atomic E-state index is 13.5. The van der Waals surface area contributed by atoms with Crippen molar-refractivity contribution in [1.82, 2.24) is 19.9 Å². The fourth-order valence-electron chi connectivity index (χ4n) is 3.40. The first-order valence-corrected chi connectivity index (χ1v) is 8.88. The first-order valence-electron chi connectivity index (χ1n) is 8.88. The second kappa shape index (κ2) is 7.47. The van der Waals surface area contributed by atoms with Crippen LogP contribution in [0.25, 0.3) is 5.65 Å². The summed E-state index contributed by atoms with van der Waals surface area (Å²) in [6.45, 7) is 0.389. The van der Waals surface area contributed by atoms with Crippen LogP contribution in [0.3, 0.4) is 0 Å². The van der Waals surface area contributed by atoms with Crippen molar-refractivity contribution in [1.29, 1.82) is 0 Å². The van der Waals surface area contributed by atoms with Gasteiger partial charge in [-0.05, 0) is 12.1 Å². The van der Waals surface area contributed by atoms with Crippen LogP contribution in [0.2, 0.25) is 0 Å². The molecule has 10 heteroatoms. The van der Waals surface area contributed by atoms with Crippen molar-refractivity contribution in [3.63, 3.8) is 0 Å². The first kappa shape index (κ1) is 18.8. The predicted molar refractivity (Wildman–Crippen MR) is 98.9 cm³/mol. The van der Waals surface area contributed by atoms with Crippen LogP contribution in [-0.2, 0) is 11.3 Å². The third-order valence-corrected chi connectivity index (χ3v) is 4.67. The van der Waals surface area contributed by atoms with Crippen molar-refractivity contribution in [3.05, 3.63) is 58.8 Å². The standard InChI is InChI=1S/C19H18FN5O4/c1-28-9-13-16(17(21)26)18-22-6-4-14(25(18)24-13)19(27)23-12-5-7-29-15-8-10(20)2-3-11(12)15/h2-4,6,8,12H,5,7,9H2,1H3,(H2,21,26)(H,23,27)/t12-/m1/s1. The molecule has 3 N–H and O–H groups in total. The minimum absolute atomic E-state index is 0.0432. The summed E-state index contributed by atoms with van der Waals surface area (Å²) in [4.78, 5) is 29.0. The van der Waals surface area contributed by atoms with Gasteiger partial charge in [0.15, 0.2) is 5.65 Å². The Hall–Kier alpha value is -3.53. The van der Waals surface area contributed by atoms with Crippen LogP contribution in [0.4, 0.5) is 4.39 Å². The van der Waals surface area contributed by atoms with Crippen LogP contribution in [0, 0.1) is 5.82 Å². The number of primary amides is 1. The van der Waals surface area contributed by atoms with Crippen LogP contribution in [0.5, 0.6) is 5.75 Å². The molecule has 1 atom stereocenters. The van der Waals surface area contributed by atoms with Gasteiger partial charge in [-0.2, -0.15) is 5.10 Å². The molecule has 0 fully saturated rings. The third-order valence-electron chi connectivity index (χ3n) is 4.67. The number of nitrogens with zero attached hydrogens (tertiary/aromatic N) is 3. The molecule has 0 saturated carbocycles. The molecule has 0 spiro atoms. The molecule has 1 aliphatic rings. The third kappa shape index (κ3) is 3.38. The highest BCUT2D eigenvalue weighted by Crippen LogP contribution is 2.32. The molecule has 0 unspecified atom stereocenters. The van der Waals surface area contributed by atoms with Crippen molar-refractivity contribution in [2.75, 3.05) is 13.7 Å². The Labute approximate surface area is 164 Å². The number of nitrogens with two attached hydrogens (primary N) is 1. The van der Waals surface area contributed by atoms with E-state index in [9.17, 15) is 14.0 Å². The predicted octanol–water partition coefficient (Wildman–Crippen LogP) is 1.37. The molecule has 2 amide bonds. The van der Waals surface area contributed by atoms with Gasteiger partial charge >= 0.3 is 0 Å². The van der Waals surface area contributed by atoms with E-state index in [1.54, 1.807) is 6.07 Å². The van der Waals surface area contributed by atoms with Gasteiger partial charge in [-0.1, -0.05) is 6.07 Å². The van der Waals surface area contributed by atoms with E-state index in [1.165, 1.54) is 36.0 Å². The lowest BCUT2D eigenvalue weighted by Gasteiger charge is -2.26. The highest BCUT2D eigenvalue weighted by molar-refractivity contribution is 6.01. The summed E-state index contributed by atoms with van der Waals surface area (Å²) in [5.74, 6) is -1.15. The number of methoxy groups -OCH3 is 1. The minimum atomic E-state index is -0.711. The topological polar surface area (TPSA) is 121 Å². The van der Waals surface area contributed by atoms with E-state index in [4.69, 9.17) is 15.2 Å². The van der Waals surface area contributed by atoms with Crippen molar-refractivity contribution in [2.24, 2.45) is 5.73 Å². The molecule has 29 heavy (non-hydrogen) atoms. The molecule has 0 saturated heterocycles. The van der Waals surface area contributed by atoms with Crippen LogP contribution in [0.15, 0.2) is 30.5 Å². The molecule has 0 bridgehead atoms. The summed E-state index contributed by atoms with van der Waals surface area (Å²) in [6.07, 6.45) is 1.93. The molecular formula is C19H18FN5O4. The smallest absolute Gasteiger partial charge is 0.270 e. The highest BCUT2D eigenvalue weighted by Gasteiger charge is 2.26. The molecule has 0 radical (unpaired) electrons. The zero-order valence-corrected chi connectivity index (χ0v) is 15.5. The van der Waals surface area contributed by atoms with Crippen molar-refractivity contribution in [2.45, 2.75) is 19.1 Å². The number of hydrogen-bond acceptors (Lipinski definition) is 6. The number of rotatable bonds is 5. The second-order valence-corrected chi connectivity index (χ2v) is 6.53. The largest absolute Gasteiger partial charge is 0.493 e. The number of hydrogen-bond donors (Lipinski definition) is 2. The maximum absolute atomic E-state index is 13.5. The Morgan fingerprint density at radius 3 is 3.00 bits per heavy atom. The van der Waals surface area contributed by atoms with Crippen LogP contribution >= 0.6 is 0 Å². The number of nitrogens with one attached hydrogen (secondary N) is 1. The van der Waals surface area contributed by atoms with Crippen LogP contribution in [-0.4, -0.2) is 40.1 Å². The Bertz CT molecular complexity index is 1110. The van der Waals surface area contributed by atoms with E-state index in [1.807, 2.05) is 0 Å². The van der Waals surface area contributed by atoms with E-state index in [-0.39, 0.29) is 29.6 Å². The average Bonchev–Trinajstić information content (AvgIpc) is 3.06. The van der Waals surface area contributed by atoms with Gasteiger partial charge in [0, 0.05) is 31.4 Å². The molecular weight excluding hydrogens is 381 g/mol. The van der Waals surface area contributed by atoms with E-state index >= 15 is 0 Å². The molecule has 1 aliphatic heterocycles. The number of halogens is 1. The number of fused-ring (bicyclic) bond motifs is 2. The van der Waals surface area contributed by atoms with E-state index in [2.05, 4.69) is 15.4 Å². The lowest BCUT2D eigenvalue weighted by molar-refractivity contribution is 0.0915. The van der Waals surface area contributed by atoms with Gasteiger partial charge < -0.3 is 20.5 Å². The fourth-order valence-corrected chi connectivity index (χ4v) is 3.40. The Balaban J connectivity index is 1.70. The monoisotopic (exact) mass is 399 g/mol. The summed E-state index contributed by atoms with van der Waals surface area (Å²) in [6, 6.07) is 5.33. The zero-order chi connectivity index (χ0) is 20.5. The SMILES string of the molecule is COCc1nn2c(C(=O)N[C@@H]3CCOc4cc(F)ccc43)ccnc2c1C(N)=O. The van der Waals surface area contributed by atoms with Gasteiger partial charge in [0.1, 0.15) is 28.5 Å². The summed E-state index contributed by atoms with van der Waals surface area (Å²) >= 11 is 0. The summed E-state index contributed by atoms with van der Waals surface area (Å²) in [7, 11) is 1.46. The molecule has 1 aromatic carbocycles. The lowest BCUT2D eigenvalue weighted by Crippen LogP contribution is -2.33. The van der Waals surface area contributed by atoms with Gasteiger partial charge in [0.2, 0.25) is 0 Å². The summed E-state index contributed by atoms with van der Waals surface area (Å²) in [5.41, 5.74) is 6.90. The zero-order valence-electron chi connectivity index (χ0n) is 15.5. The lowest BCUT2D eigenvalue weighted by atomic mass is 10.0. The Kier molecular flexibility index (Phi) is 4.85. The number of aromatic nitrogens is 3. The number of carbonyl (C=O) groups excluding carboxylic acids is 2. The Morgan fingerprint density at radius 2 is 2.24 bits per heavy atom. The molecule has 3 aromatic rings.